The van der Waals surface area contributed by atoms with E-state index in [-0.39, 0.29) is 18.2 Å². The van der Waals surface area contributed by atoms with E-state index in [2.05, 4.69) is 0 Å². The van der Waals surface area contributed by atoms with E-state index in [0.29, 0.717) is 13.0 Å². The van der Waals surface area contributed by atoms with Crippen LogP contribution in [0.2, 0.25) is 0 Å². The van der Waals surface area contributed by atoms with Crippen LogP contribution in [0.3, 0.4) is 0 Å². The molecule has 1 saturated heterocycles. The van der Waals surface area contributed by atoms with Crippen molar-refractivity contribution in [2.45, 2.75) is 32.0 Å². The van der Waals surface area contributed by atoms with Gasteiger partial charge in [-0.2, -0.15) is 0 Å². The lowest BCUT2D eigenvalue weighted by molar-refractivity contribution is -0.148. The maximum absolute atomic E-state index is 11.6. The average molecular weight is 220 g/mol. The Morgan fingerprint density at radius 3 is 2.81 bits per heavy atom. The second-order valence-corrected chi connectivity index (χ2v) is 4.15. The van der Waals surface area contributed by atoms with Crippen LogP contribution in [0.1, 0.15) is 18.9 Å². The highest BCUT2D eigenvalue weighted by atomic mass is 16.6. The third-order valence-electron chi connectivity index (χ3n) is 2.65. The fourth-order valence-corrected chi connectivity index (χ4v) is 1.85. The molecule has 1 aromatic carbocycles. The molecule has 1 aliphatic heterocycles. The first-order chi connectivity index (χ1) is 7.74. The van der Waals surface area contributed by atoms with Gasteiger partial charge in [0.25, 0.3) is 0 Å². The van der Waals surface area contributed by atoms with Gasteiger partial charge in [-0.1, -0.05) is 30.3 Å². The number of carbonyl (C=O) groups excluding carboxylic acids is 1. The number of benzene rings is 1. The number of hydrogen-bond acceptors (Lipinski definition) is 3. The molecule has 0 bridgehead atoms. The lowest BCUT2D eigenvalue weighted by Gasteiger charge is -2.09. The predicted octanol–water partition coefficient (Wildman–Crippen LogP) is 1.95. The Morgan fingerprint density at radius 2 is 2.19 bits per heavy atom. The molecule has 1 aliphatic rings. The van der Waals surface area contributed by atoms with Crippen molar-refractivity contribution in [3.05, 3.63) is 35.9 Å². The summed E-state index contributed by atoms with van der Waals surface area (Å²) in [5.41, 5.74) is 0.986. The smallest absolute Gasteiger partial charge is 0.310 e. The van der Waals surface area contributed by atoms with Crippen molar-refractivity contribution in [2.75, 3.05) is 6.61 Å². The first-order valence-electron chi connectivity index (χ1n) is 5.59. The van der Waals surface area contributed by atoms with Gasteiger partial charge in [0, 0.05) is 6.42 Å². The van der Waals surface area contributed by atoms with E-state index in [4.69, 9.17) is 9.47 Å². The van der Waals surface area contributed by atoms with Crippen LogP contribution in [0.5, 0.6) is 0 Å². The molecule has 0 aromatic heterocycles. The van der Waals surface area contributed by atoms with Gasteiger partial charge in [0.1, 0.15) is 6.10 Å². The lowest BCUT2D eigenvalue weighted by atomic mass is 10.1. The van der Waals surface area contributed by atoms with Gasteiger partial charge in [0.15, 0.2) is 0 Å². The maximum atomic E-state index is 11.6. The first kappa shape index (κ1) is 11.1. The molecule has 3 nitrogen and oxygen atoms in total. The second-order valence-electron chi connectivity index (χ2n) is 4.15. The monoisotopic (exact) mass is 220 g/mol. The molecular weight excluding hydrogens is 204 g/mol. The van der Waals surface area contributed by atoms with E-state index in [1.165, 1.54) is 0 Å². The zero-order valence-electron chi connectivity index (χ0n) is 9.39. The molecule has 0 radical (unpaired) electrons. The fraction of sp³-hybridized carbons (Fsp3) is 0.462. The van der Waals surface area contributed by atoms with Gasteiger partial charge in [-0.15, -0.1) is 0 Å². The molecule has 1 heterocycles. The van der Waals surface area contributed by atoms with Gasteiger partial charge in [-0.25, -0.2) is 0 Å². The van der Waals surface area contributed by atoms with Gasteiger partial charge in [-0.05, 0) is 12.5 Å². The fourth-order valence-electron chi connectivity index (χ4n) is 1.85. The highest BCUT2D eigenvalue weighted by Crippen LogP contribution is 2.16. The summed E-state index contributed by atoms with van der Waals surface area (Å²) in [6.07, 6.45) is 1.28. The minimum Gasteiger partial charge on any atom is -0.460 e. The summed E-state index contributed by atoms with van der Waals surface area (Å²) in [6.45, 7) is 2.52. The number of rotatable bonds is 3. The standard InChI is InChI=1S/C13H16O3/c1-10-7-12(9-15-10)16-13(14)8-11-5-3-2-4-6-11/h2-6,10,12H,7-9H2,1H3/t10-,12-/m0/s1. The summed E-state index contributed by atoms with van der Waals surface area (Å²) in [4.78, 5) is 11.6. The summed E-state index contributed by atoms with van der Waals surface area (Å²) < 4.78 is 10.7. The quantitative estimate of drug-likeness (QED) is 0.730. The number of hydrogen-bond donors (Lipinski definition) is 0. The van der Waals surface area contributed by atoms with E-state index >= 15 is 0 Å². The molecule has 2 rings (SSSR count). The summed E-state index contributed by atoms with van der Waals surface area (Å²) in [6, 6.07) is 9.62. The van der Waals surface area contributed by atoms with Gasteiger partial charge < -0.3 is 9.47 Å². The number of ether oxygens (including phenoxy) is 2. The third kappa shape index (κ3) is 3.07. The molecule has 3 heteroatoms. The van der Waals surface area contributed by atoms with E-state index in [1.807, 2.05) is 37.3 Å². The topological polar surface area (TPSA) is 35.5 Å². The summed E-state index contributed by atoms with van der Waals surface area (Å²) in [5, 5.41) is 0. The molecule has 0 aliphatic carbocycles. The number of esters is 1. The van der Waals surface area contributed by atoms with E-state index in [0.717, 1.165) is 12.0 Å². The van der Waals surface area contributed by atoms with Crippen LogP contribution in [0.4, 0.5) is 0 Å². The molecule has 1 aromatic rings. The highest BCUT2D eigenvalue weighted by molar-refractivity contribution is 5.72. The van der Waals surface area contributed by atoms with Crippen molar-refractivity contribution in [3.8, 4) is 0 Å². The van der Waals surface area contributed by atoms with Gasteiger partial charge in [-0.3, -0.25) is 4.79 Å². The lowest BCUT2D eigenvalue weighted by Crippen LogP contribution is -2.19. The van der Waals surface area contributed by atoms with Crippen molar-refractivity contribution >= 4 is 5.97 Å². The van der Waals surface area contributed by atoms with Gasteiger partial charge >= 0.3 is 5.97 Å². The molecule has 0 amide bonds. The molecular formula is C13H16O3. The van der Waals surface area contributed by atoms with Crippen LogP contribution >= 0.6 is 0 Å². The Morgan fingerprint density at radius 1 is 1.44 bits per heavy atom. The first-order valence-corrected chi connectivity index (χ1v) is 5.59. The molecule has 0 unspecified atom stereocenters. The van der Waals surface area contributed by atoms with Crippen molar-refractivity contribution in [1.82, 2.24) is 0 Å². The summed E-state index contributed by atoms with van der Waals surface area (Å²) in [5.74, 6) is -0.172. The maximum Gasteiger partial charge on any atom is 0.310 e. The van der Waals surface area contributed by atoms with Crippen LogP contribution in [0, 0.1) is 0 Å². The Balaban J connectivity index is 1.81. The minimum absolute atomic E-state index is 0.0637. The van der Waals surface area contributed by atoms with Crippen LogP contribution in [-0.4, -0.2) is 24.8 Å². The van der Waals surface area contributed by atoms with Crippen molar-refractivity contribution < 1.29 is 14.3 Å². The molecule has 2 atom stereocenters. The average Bonchev–Trinajstić information content (AvgIpc) is 2.65. The normalized spacial score (nSPS) is 24.3. The Labute approximate surface area is 95.4 Å². The second kappa shape index (κ2) is 5.12. The van der Waals surface area contributed by atoms with Gasteiger partial charge in [0.05, 0.1) is 19.1 Å². The number of carbonyl (C=O) groups is 1. The largest absolute Gasteiger partial charge is 0.460 e. The van der Waals surface area contributed by atoms with Crippen molar-refractivity contribution in [3.63, 3.8) is 0 Å². The minimum atomic E-state index is -0.172. The van der Waals surface area contributed by atoms with Crippen LogP contribution in [0.15, 0.2) is 30.3 Å². The molecule has 0 spiro atoms. The van der Waals surface area contributed by atoms with E-state index in [1.54, 1.807) is 0 Å². The van der Waals surface area contributed by atoms with Crippen molar-refractivity contribution in [2.24, 2.45) is 0 Å². The molecule has 1 fully saturated rings. The molecule has 0 saturated carbocycles. The molecule has 86 valence electrons. The van der Waals surface area contributed by atoms with E-state index in [9.17, 15) is 4.79 Å². The van der Waals surface area contributed by atoms with Crippen LogP contribution < -0.4 is 0 Å². The van der Waals surface area contributed by atoms with Gasteiger partial charge in [0.2, 0.25) is 0 Å². The zero-order valence-corrected chi connectivity index (χ0v) is 9.39. The molecule has 16 heavy (non-hydrogen) atoms. The van der Waals surface area contributed by atoms with Crippen LogP contribution in [0.25, 0.3) is 0 Å². The van der Waals surface area contributed by atoms with E-state index < -0.39 is 0 Å². The predicted molar refractivity (Wildman–Crippen MR) is 60.1 cm³/mol. The Hall–Kier alpha value is -1.35. The Bertz CT molecular complexity index is 347. The van der Waals surface area contributed by atoms with Crippen LogP contribution in [-0.2, 0) is 20.7 Å². The zero-order chi connectivity index (χ0) is 11.4. The summed E-state index contributed by atoms with van der Waals surface area (Å²) in [7, 11) is 0. The summed E-state index contributed by atoms with van der Waals surface area (Å²) >= 11 is 0. The molecule has 0 N–H and O–H groups in total. The SMILES string of the molecule is C[C@H]1C[C@H](OC(=O)Cc2ccccc2)CO1. The third-order valence-corrected chi connectivity index (χ3v) is 2.65. The Kier molecular flexibility index (Phi) is 3.57. The highest BCUT2D eigenvalue weighted by Gasteiger charge is 2.25. The van der Waals surface area contributed by atoms with Crippen molar-refractivity contribution in [1.29, 1.82) is 0 Å².